The van der Waals surface area contributed by atoms with Crippen LogP contribution in [-0.2, 0) is 0 Å². The molecular weight excluding hydrogens is 254 g/mol. The number of ketones is 1. The molecule has 1 atom stereocenters. The summed E-state index contributed by atoms with van der Waals surface area (Å²) in [6.07, 6.45) is 0. The largest absolute Gasteiger partial charge is 0.294 e. The quantitative estimate of drug-likeness (QED) is 0.786. The summed E-state index contributed by atoms with van der Waals surface area (Å²) in [5.74, 6) is 1.90. The maximum atomic E-state index is 12.3. The molecular formula is C16H23NOS. The molecule has 0 spiro atoms. The Kier molecular flexibility index (Phi) is 5.06. The fourth-order valence-corrected chi connectivity index (χ4v) is 3.46. The SMILES string of the molecule is CC1CN(CC(=O)c2ccc(C(C)C)cc2)CCS1. The zero-order valence-corrected chi connectivity index (χ0v) is 12.9. The van der Waals surface area contributed by atoms with Gasteiger partial charge in [-0.15, -0.1) is 0 Å². The van der Waals surface area contributed by atoms with Crippen LogP contribution in [0.2, 0.25) is 0 Å². The van der Waals surface area contributed by atoms with E-state index in [0.29, 0.717) is 17.7 Å². The van der Waals surface area contributed by atoms with Crippen molar-refractivity contribution in [2.75, 3.05) is 25.4 Å². The average Bonchev–Trinajstić information content (AvgIpc) is 2.39. The lowest BCUT2D eigenvalue weighted by atomic mass is 10.0. The number of carbonyl (C=O) groups is 1. The lowest BCUT2D eigenvalue weighted by Gasteiger charge is -2.29. The molecule has 3 heteroatoms. The van der Waals surface area contributed by atoms with Gasteiger partial charge in [0.1, 0.15) is 0 Å². The second-order valence-electron chi connectivity index (χ2n) is 5.62. The monoisotopic (exact) mass is 277 g/mol. The summed E-state index contributed by atoms with van der Waals surface area (Å²) in [7, 11) is 0. The van der Waals surface area contributed by atoms with E-state index in [1.54, 1.807) is 0 Å². The standard InChI is InChI=1S/C16H23NOS/c1-12(2)14-4-6-15(7-5-14)16(18)11-17-8-9-19-13(3)10-17/h4-7,12-13H,8-11H2,1-3H3. The molecule has 1 fully saturated rings. The van der Waals surface area contributed by atoms with Crippen LogP contribution >= 0.6 is 11.8 Å². The molecule has 0 radical (unpaired) electrons. The van der Waals surface area contributed by atoms with E-state index in [9.17, 15) is 4.79 Å². The summed E-state index contributed by atoms with van der Waals surface area (Å²) in [5, 5.41) is 0.643. The molecule has 19 heavy (non-hydrogen) atoms. The van der Waals surface area contributed by atoms with Gasteiger partial charge < -0.3 is 0 Å². The van der Waals surface area contributed by atoms with E-state index in [1.807, 2.05) is 23.9 Å². The van der Waals surface area contributed by atoms with Crippen LogP contribution in [0.5, 0.6) is 0 Å². The molecule has 0 aliphatic carbocycles. The highest BCUT2D eigenvalue weighted by Gasteiger charge is 2.19. The third-order valence-corrected chi connectivity index (χ3v) is 4.73. The van der Waals surface area contributed by atoms with Gasteiger partial charge in [-0.3, -0.25) is 9.69 Å². The molecule has 1 heterocycles. The predicted molar refractivity (Wildman–Crippen MR) is 83.2 cm³/mol. The first-order chi connectivity index (χ1) is 9.06. The first-order valence-corrected chi connectivity index (χ1v) is 8.08. The molecule has 1 aromatic carbocycles. The van der Waals surface area contributed by atoms with Gasteiger partial charge in [0.05, 0.1) is 6.54 Å². The Bertz CT molecular complexity index is 427. The molecule has 1 saturated heterocycles. The first kappa shape index (κ1) is 14.6. The van der Waals surface area contributed by atoms with E-state index >= 15 is 0 Å². The number of benzene rings is 1. The molecule has 0 aromatic heterocycles. The van der Waals surface area contributed by atoms with Gasteiger partial charge in [0, 0.05) is 29.7 Å². The topological polar surface area (TPSA) is 20.3 Å². The molecule has 1 unspecified atom stereocenters. The van der Waals surface area contributed by atoms with Crippen molar-refractivity contribution in [2.45, 2.75) is 31.9 Å². The van der Waals surface area contributed by atoms with E-state index in [0.717, 1.165) is 24.4 Å². The van der Waals surface area contributed by atoms with Crippen LogP contribution in [0.15, 0.2) is 24.3 Å². The number of Topliss-reactive ketones (excluding diaryl/α,β-unsaturated/α-hetero) is 1. The van der Waals surface area contributed by atoms with Gasteiger partial charge in [0.2, 0.25) is 0 Å². The second kappa shape index (κ2) is 6.58. The van der Waals surface area contributed by atoms with E-state index in [2.05, 4.69) is 37.8 Å². The maximum Gasteiger partial charge on any atom is 0.176 e. The Morgan fingerprint density at radius 2 is 2.05 bits per heavy atom. The van der Waals surface area contributed by atoms with Crippen LogP contribution in [0.1, 0.15) is 42.6 Å². The number of thioether (sulfide) groups is 1. The van der Waals surface area contributed by atoms with Gasteiger partial charge in [0.15, 0.2) is 5.78 Å². The molecule has 1 aromatic rings. The lowest BCUT2D eigenvalue weighted by molar-refractivity contribution is 0.0934. The molecule has 1 aliphatic rings. The van der Waals surface area contributed by atoms with Crippen LogP contribution in [0.25, 0.3) is 0 Å². The fraction of sp³-hybridized carbons (Fsp3) is 0.562. The van der Waals surface area contributed by atoms with Crippen molar-refractivity contribution in [1.29, 1.82) is 0 Å². The van der Waals surface area contributed by atoms with E-state index < -0.39 is 0 Å². The highest BCUT2D eigenvalue weighted by Crippen LogP contribution is 2.19. The van der Waals surface area contributed by atoms with Gasteiger partial charge in [-0.2, -0.15) is 11.8 Å². The Morgan fingerprint density at radius 1 is 1.37 bits per heavy atom. The Hall–Kier alpha value is -0.800. The summed E-state index contributed by atoms with van der Waals surface area (Å²) in [6, 6.07) is 8.10. The molecule has 1 aliphatic heterocycles. The molecule has 104 valence electrons. The van der Waals surface area contributed by atoms with Crippen LogP contribution in [0, 0.1) is 0 Å². The lowest BCUT2D eigenvalue weighted by Crippen LogP contribution is -2.39. The normalized spacial score (nSPS) is 20.7. The molecule has 2 rings (SSSR count). The maximum absolute atomic E-state index is 12.3. The van der Waals surface area contributed by atoms with E-state index in [4.69, 9.17) is 0 Å². The highest BCUT2D eigenvalue weighted by atomic mass is 32.2. The Labute approximate surface area is 120 Å². The van der Waals surface area contributed by atoms with Gasteiger partial charge in [-0.25, -0.2) is 0 Å². The minimum atomic E-state index is 0.245. The van der Waals surface area contributed by atoms with Crippen molar-refractivity contribution in [3.63, 3.8) is 0 Å². The van der Waals surface area contributed by atoms with E-state index in [-0.39, 0.29) is 5.78 Å². The number of nitrogens with zero attached hydrogens (tertiary/aromatic N) is 1. The van der Waals surface area contributed by atoms with E-state index in [1.165, 1.54) is 5.56 Å². The van der Waals surface area contributed by atoms with Crippen LogP contribution < -0.4 is 0 Å². The van der Waals surface area contributed by atoms with Gasteiger partial charge in [-0.1, -0.05) is 45.0 Å². The van der Waals surface area contributed by atoms with Gasteiger partial charge in [-0.05, 0) is 11.5 Å². The van der Waals surface area contributed by atoms with Crippen LogP contribution in [0.3, 0.4) is 0 Å². The fourth-order valence-electron chi connectivity index (χ4n) is 2.38. The van der Waals surface area contributed by atoms with Crippen molar-refractivity contribution >= 4 is 17.5 Å². The third-order valence-electron chi connectivity index (χ3n) is 3.59. The first-order valence-electron chi connectivity index (χ1n) is 7.03. The van der Waals surface area contributed by atoms with Crippen LogP contribution in [-0.4, -0.2) is 41.3 Å². The number of hydrogen-bond acceptors (Lipinski definition) is 3. The molecule has 0 amide bonds. The molecule has 0 saturated carbocycles. The van der Waals surface area contributed by atoms with Crippen molar-refractivity contribution < 1.29 is 4.79 Å². The van der Waals surface area contributed by atoms with Crippen molar-refractivity contribution in [3.8, 4) is 0 Å². The summed E-state index contributed by atoms with van der Waals surface area (Å²) in [6.45, 7) is 9.20. The van der Waals surface area contributed by atoms with Crippen molar-refractivity contribution in [3.05, 3.63) is 35.4 Å². The third kappa shape index (κ3) is 4.08. The van der Waals surface area contributed by atoms with Crippen LogP contribution in [0.4, 0.5) is 0 Å². The Balaban J connectivity index is 1.95. The average molecular weight is 277 g/mol. The highest BCUT2D eigenvalue weighted by molar-refractivity contribution is 7.99. The molecule has 0 N–H and O–H groups in total. The summed E-state index contributed by atoms with van der Waals surface area (Å²) in [4.78, 5) is 14.5. The predicted octanol–water partition coefficient (Wildman–Crippen LogP) is 3.43. The van der Waals surface area contributed by atoms with Crippen molar-refractivity contribution in [2.24, 2.45) is 0 Å². The number of carbonyl (C=O) groups excluding carboxylic acids is 1. The Morgan fingerprint density at radius 3 is 2.63 bits per heavy atom. The summed E-state index contributed by atoms with van der Waals surface area (Å²) < 4.78 is 0. The molecule has 2 nitrogen and oxygen atoms in total. The summed E-state index contributed by atoms with van der Waals surface area (Å²) in [5.41, 5.74) is 2.13. The summed E-state index contributed by atoms with van der Waals surface area (Å²) >= 11 is 2.00. The zero-order valence-electron chi connectivity index (χ0n) is 12.1. The smallest absolute Gasteiger partial charge is 0.176 e. The molecule has 0 bridgehead atoms. The van der Waals surface area contributed by atoms with Gasteiger partial charge in [0.25, 0.3) is 0 Å². The zero-order chi connectivity index (χ0) is 13.8. The minimum Gasteiger partial charge on any atom is -0.294 e. The number of rotatable bonds is 4. The minimum absolute atomic E-state index is 0.245. The van der Waals surface area contributed by atoms with Gasteiger partial charge >= 0.3 is 0 Å². The second-order valence-corrected chi connectivity index (χ2v) is 7.16. The number of hydrogen-bond donors (Lipinski definition) is 0. The van der Waals surface area contributed by atoms with Crippen molar-refractivity contribution in [1.82, 2.24) is 4.90 Å².